The minimum absolute atomic E-state index is 0.00241. The van der Waals surface area contributed by atoms with Crippen molar-refractivity contribution in [2.24, 2.45) is 0 Å². The molecule has 0 aliphatic carbocycles. The van der Waals surface area contributed by atoms with Gasteiger partial charge in [-0.2, -0.15) is 11.8 Å². The molecule has 0 bridgehead atoms. The summed E-state index contributed by atoms with van der Waals surface area (Å²) in [6.45, 7) is 4.25. The summed E-state index contributed by atoms with van der Waals surface area (Å²) >= 11 is 1.82. The average Bonchev–Trinajstić information content (AvgIpc) is 2.85. The minimum Gasteiger partial charge on any atom is -0.392 e. The van der Waals surface area contributed by atoms with Gasteiger partial charge in [0.15, 0.2) is 0 Å². The van der Waals surface area contributed by atoms with Crippen LogP contribution in [0.1, 0.15) is 30.9 Å². The Morgan fingerprint density at radius 3 is 2.80 bits per heavy atom. The number of aliphatic hydroxyl groups excluding tert-OH is 1. The van der Waals surface area contributed by atoms with Crippen LogP contribution in [0.15, 0.2) is 23.1 Å². The fourth-order valence-electron chi connectivity index (χ4n) is 2.29. The maximum absolute atomic E-state index is 12.3. The SMILES string of the molecule is Cc1ccc(S(=O)(=O)NCC2(C)CCCS2)cc1CO. The first-order valence-electron chi connectivity index (χ1n) is 6.70. The summed E-state index contributed by atoms with van der Waals surface area (Å²) in [5, 5.41) is 9.23. The van der Waals surface area contributed by atoms with Crippen molar-refractivity contribution in [1.82, 2.24) is 4.72 Å². The molecular weight excluding hydrogens is 294 g/mol. The molecule has 1 unspecified atom stereocenters. The molecule has 1 heterocycles. The van der Waals surface area contributed by atoms with Gasteiger partial charge in [0.1, 0.15) is 0 Å². The number of aliphatic hydroxyl groups is 1. The maximum atomic E-state index is 12.3. The lowest BCUT2D eigenvalue weighted by Crippen LogP contribution is -2.36. The largest absolute Gasteiger partial charge is 0.392 e. The third-order valence-electron chi connectivity index (χ3n) is 3.74. The van der Waals surface area contributed by atoms with E-state index in [0.29, 0.717) is 12.1 Å². The number of sulfonamides is 1. The van der Waals surface area contributed by atoms with Gasteiger partial charge in [0.05, 0.1) is 11.5 Å². The van der Waals surface area contributed by atoms with Crippen LogP contribution < -0.4 is 4.72 Å². The summed E-state index contributed by atoms with van der Waals surface area (Å²) < 4.78 is 27.3. The second-order valence-electron chi connectivity index (χ2n) is 5.47. The van der Waals surface area contributed by atoms with Crippen molar-refractivity contribution >= 4 is 21.8 Å². The molecule has 20 heavy (non-hydrogen) atoms. The normalized spacial score (nSPS) is 23.1. The molecule has 0 spiro atoms. The number of rotatable bonds is 5. The molecule has 1 aromatic carbocycles. The van der Waals surface area contributed by atoms with Crippen LogP contribution in [0.4, 0.5) is 0 Å². The summed E-state index contributed by atoms with van der Waals surface area (Å²) in [6, 6.07) is 4.86. The first-order chi connectivity index (χ1) is 9.36. The van der Waals surface area contributed by atoms with Gasteiger partial charge >= 0.3 is 0 Å². The fourth-order valence-corrected chi connectivity index (χ4v) is 4.85. The molecule has 0 amide bonds. The highest BCUT2D eigenvalue weighted by atomic mass is 32.2. The third kappa shape index (κ3) is 3.55. The summed E-state index contributed by atoms with van der Waals surface area (Å²) in [7, 11) is -3.51. The molecule has 1 aliphatic rings. The summed E-state index contributed by atoms with van der Waals surface area (Å²) in [5.41, 5.74) is 1.54. The Hall–Kier alpha value is -0.560. The minimum atomic E-state index is -3.51. The van der Waals surface area contributed by atoms with E-state index >= 15 is 0 Å². The summed E-state index contributed by atoms with van der Waals surface area (Å²) in [4.78, 5) is 0.221. The van der Waals surface area contributed by atoms with E-state index in [1.807, 2.05) is 18.7 Å². The lowest BCUT2D eigenvalue weighted by molar-refractivity contribution is 0.280. The Morgan fingerprint density at radius 1 is 1.45 bits per heavy atom. The van der Waals surface area contributed by atoms with E-state index in [4.69, 9.17) is 0 Å². The van der Waals surface area contributed by atoms with E-state index in [2.05, 4.69) is 11.6 Å². The van der Waals surface area contributed by atoms with Crippen LogP contribution in [-0.2, 0) is 16.6 Å². The molecular formula is C14H21NO3S2. The monoisotopic (exact) mass is 315 g/mol. The summed E-state index contributed by atoms with van der Waals surface area (Å²) in [6.07, 6.45) is 2.18. The van der Waals surface area contributed by atoms with Crippen LogP contribution in [0.3, 0.4) is 0 Å². The zero-order valence-corrected chi connectivity index (χ0v) is 13.5. The van der Waals surface area contributed by atoms with Gasteiger partial charge in [-0.05, 0) is 55.7 Å². The van der Waals surface area contributed by atoms with E-state index in [0.717, 1.165) is 24.2 Å². The zero-order valence-electron chi connectivity index (χ0n) is 11.8. The topological polar surface area (TPSA) is 66.4 Å². The lowest BCUT2D eigenvalue weighted by atomic mass is 10.1. The van der Waals surface area contributed by atoms with Crippen molar-refractivity contribution in [3.05, 3.63) is 29.3 Å². The van der Waals surface area contributed by atoms with Gasteiger partial charge in [0.25, 0.3) is 0 Å². The number of aryl methyl sites for hydroxylation is 1. The highest BCUT2D eigenvalue weighted by molar-refractivity contribution is 8.01. The highest BCUT2D eigenvalue weighted by Crippen LogP contribution is 2.37. The Labute approximate surface area is 125 Å². The quantitative estimate of drug-likeness (QED) is 0.873. The van der Waals surface area contributed by atoms with Crippen molar-refractivity contribution in [3.63, 3.8) is 0 Å². The van der Waals surface area contributed by atoms with Gasteiger partial charge in [-0.1, -0.05) is 6.07 Å². The number of hydrogen-bond donors (Lipinski definition) is 2. The standard InChI is InChI=1S/C14H21NO3S2/c1-11-4-5-13(8-12(11)9-16)20(17,18)15-10-14(2)6-3-7-19-14/h4-5,8,15-16H,3,6-7,9-10H2,1-2H3. The van der Waals surface area contributed by atoms with Crippen LogP contribution in [-0.4, -0.2) is 30.6 Å². The number of hydrogen-bond acceptors (Lipinski definition) is 4. The third-order valence-corrected chi connectivity index (χ3v) is 6.67. The summed E-state index contributed by atoms with van der Waals surface area (Å²) in [5.74, 6) is 1.09. The van der Waals surface area contributed by atoms with Gasteiger partial charge in [-0.25, -0.2) is 13.1 Å². The first kappa shape index (κ1) is 15.8. The molecule has 1 fully saturated rings. The van der Waals surface area contributed by atoms with Crippen LogP contribution in [0.5, 0.6) is 0 Å². The maximum Gasteiger partial charge on any atom is 0.240 e. The van der Waals surface area contributed by atoms with E-state index in [9.17, 15) is 13.5 Å². The predicted molar refractivity (Wildman–Crippen MR) is 82.4 cm³/mol. The molecule has 0 aromatic heterocycles. The van der Waals surface area contributed by atoms with Crippen molar-refractivity contribution in [2.75, 3.05) is 12.3 Å². The molecule has 0 saturated carbocycles. The number of benzene rings is 1. The van der Waals surface area contributed by atoms with Crippen LogP contribution in [0.2, 0.25) is 0 Å². The second-order valence-corrected chi connectivity index (χ2v) is 8.92. The van der Waals surface area contributed by atoms with Crippen molar-refractivity contribution < 1.29 is 13.5 Å². The number of nitrogens with one attached hydrogen (secondary N) is 1. The Bertz CT molecular complexity index is 578. The van der Waals surface area contributed by atoms with E-state index in [1.54, 1.807) is 18.2 Å². The molecule has 112 valence electrons. The molecule has 1 saturated heterocycles. The van der Waals surface area contributed by atoms with Crippen molar-refractivity contribution in [1.29, 1.82) is 0 Å². The van der Waals surface area contributed by atoms with Gasteiger partial charge < -0.3 is 5.11 Å². The van der Waals surface area contributed by atoms with Crippen LogP contribution in [0, 0.1) is 6.92 Å². The van der Waals surface area contributed by atoms with Crippen molar-refractivity contribution in [2.45, 2.75) is 42.9 Å². The van der Waals surface area contributed by atoms with Gasteiger partial charge in [0.2, 0.25) is 10.0 Å². The van der Waals surface area contributed by atoms with Crippen LogP contribution >= 0.6 is 11.8 Å². The molecule has 0 radical (unpaired) electrons. The van der Waals surface area contributed by atoms with E-state index in [1.165, 1.54) is 0 Å². The van der Waals surface area contributed by atoms with Crippen molar-refractivity contribution in [3.8, 4) is 0 Å². The highest BCUT2D eigenvalue weighted by Gasteiger charge is 2.31. The molecule has 1 aliphatic heterocycles. The second kappa shape index (κ2) is 6.05. The number of thioether (sulfide) groups is 1. The van der Waals surface area contributed by atoms with Gasteiger partial charge in [-0.3, -0.25) is 0 Å². The molecule has 1 aromatic rings. The first-order valence-corrected chi connectivity index (χ1v) is 9.17. The predicted octanol–water partition coefficient (Wildman–Crippen LogP) is 2.05. The Balaban J connectivity index is 2.14. The fraction of sp³-hybridized carbons (Fsp3) is 0.571. The zero-order chi connectivity index (χ0) is 14.8. The van der Waals surface area contributed by atoms with Gasteiger partial charge in [0, 0.05) is 11.3 Å². The Kier molecular flexibility index (Phi) is 4.79. The van der Waals surface area contributed by atoms with Crippen LogP contribution in [0.25, 0.3) is 0 Å². The molecule has 1 atom stereocenters. The van der Waals surface area contributed by atoms with E-state index in [-0.39, 0.29) is 16.2 Å². The molecule has 2 N–H and O–H groups in total. The smallest absolute Gasteiger partial charge is 0.240 e. The molecule has 2 rings (SSSR count). The average molecular weight is 315 g/mol. The van der Waals surface area contributed by atoms with E-state index < -0.39 is 10.0 Å². The van der Waals surface area contributed by atoms with Gasteiger partial charge in [-0.15, -0.1) is 0 Å². The molecule has 6 heteroatoms. The Morgan fingerprint density at radius 2 is 2.20 bits per heavy atom. The lowest BCUT2D eigenvalue weighted by Gasteiger charge is -2.22. The molecule has 4 nitrogen and oxygen atoms in total.